The number of tetrazole rings is 1. The summed E-state index contributed by atoms with van der Waals surface area (Å²) in [5.41, 5.74) is 1.35. The zero-order valence-corrected chi connectivity index (χ0v) is 20.8. The van der Waals surface area contributed by atoms with Gasteiger partial charge in [-0.25, -0.2) is 4.68 Å². The van der Waals surface area contributed by atoms with E-state index in [9.17, 15) is 4.79 Å². The molecule has 1 saturated carbocycles. The summed E-state index contributed by atoms with van der Waals surface area (Å²) in [5, 5.41) is 13.9. The minimum atomic E-state index is -0.0956. The molecular weight excluding hydrogens is 460 g/mol. The van der Waals surface area contributed by atoms with Crippen LogP contribution in [0.2, 0.25) is 0 Å². The quantitative estimate of drug-likeness (QED) is 0.507. The first kappa shape index (κ1) is 23.4. The highest BCUT2D eigenvalue weighted by molar-refractivity contribution is 5.83. The van der Waals surface area contributed by atoms with Crippen molar-refractivity contribution in [2.24, 2.45) is 0 Å². The molecule has 3 aliphatic rings. The maximum Gasteiger partial charge on any atom is 0.252 e. The molecular formula is C26H34N6O4. The van der Waals surface area contributed by atoms with Gasteiger partial charge in [-0.3, -0.25) is 9.69 Å². The SMILES string of the molecule is CC[C@@H](c1nnnn1C1CCCC1)N(Cc1cc2cc3c(cc2[nH]c1=O)OCCO3)C[C@H]1CCCO1. The van der Waals surface area contributed by atoms with E-state index in [0.717, 1.165) is 62.0 Å². The minimum absolute atomic E-state index is 0.0137. The first-order chi connectivity index (χ1) is 17.7. The van der Waals surface area contributed by atoms with Crippen molar-refractivity contribution in [3.63, 3.8) is 0 Å². The maximum absolute atomic E-state index is 13.2. The predicted molar refractivity (Wildman–Crippen MR) is 133 cm³/mol. The van der Waals surface area contributed by atoms with Gasteiger partial charge < -0.3 is 19.2 Å². The van der Waals surface area contributed by atoms with Crippen molar-refractivity contribution in [2.75, 3.05) is 26.4 Å². The predicted octanol–water partition coefficient (Wildman–Crippen LogP) is 3.53. The lowest BCUT2D eigenvalue weighted by Crippen LogP contribution is -2.38. The van der Waals surface area contributed by atoms with Crippen LogP contribution in [0.1, 0.15) is 75.3 Å². The zero-order valence-electron chi connectivity index (χ0n) is 20.8. The molecule has 36 heavy (non-hydrogen) atoms. The molecule has 2 aliphatic heterocycles. The van der Waals surface area contributed by atoms with Gasteiger partial charge >= 0.3 is 0 Å². The van der Waals surface area contributed by atoms with Gasteiger partial charge in [0.15, 0.2) is 17.3 Å². The number of aromatic amines is 1. The Kier molecular flexibility index (Phi) is 6.62. The summed E-state index contributed by atoms with van der Waals surface area (Å²) >= 11 is 0. The summed E-state index contributed by atoms with van der Waals surface area (Å²) in [5.74, 6) is 2.27. The number of benzene rings is 1. The highest BCUT2D eigenvalue weighted by Crippen LogP contribution is 2.35. The smallest absolute Gasteiger partial charge is 0.252 e. The summed E-state index contributed by atoms with van der Waals surface area (Å²) in [6.45, 7) is 5.20. The molecule has 1 saturated heterocycles. The normalized spacial score (nSPS) is 21.0. The Hall–Kier alpha value is -2.98. The van der Waals surface area contributed by atoms with Crippen LogP contribution in [0, 0.1) is 0 Å². The third-order valence-corrected chi connectivity index (χ3v) is 7.73. The number of pyridine rings is 1. The number of nitrogens with one attached hydrogen (secondary N) is 1. The van der Waals surface area contributed by atoms with Crippen molar-refractivity contribution in [3.8, 4) is 11.5 Å². The Morgan fingerprint density at radius 2 is 1.89 bits per heavy atom. The van der Waals surface area contributed by atoms with Gasteiger partial charge in [-0.1, -0.05) is 19.8 Å². The van der Waals surface area contributed by atoms with E-state index in [1.807, 2.05) is 22.9 Å². The molecule has 0 bridgehead atoms. The number of ether oxygens (including phenoxy) is 3. The van der Waals surface area contributed by atoms with E-state index in [1.54, 1.807) is 0 Å². The highest BCUT2D eigenvalue weighted by Gasteiger charge is 2.32. The molecule has 0 amide bonds. The number of rotatable bonds is 8. The lowest BCUT2D eigenvalue weighted by atomic mass is 10.1. The molecule has 0 radical (unpaired) electrons. The van der Waals surface area contributed by atoms with Crippen molar-refractivity contribution in [3.05, 3.63) is 39.9 Å². The summed E-state index contributed by atoms with van der Waals surface area (Å²) < 4.78 is 19.5. The second-order valence-corrected chi connectivity index (χ2v) is 10.1. The fraction of sp³-hybridized carbons (Fsp3) is 0.615. The Morgan fingerprint density at radius 1 is 1.08 bits per heavy atom. The molecule has 0 unspecified atom stereocenters. The molecule has 10 heteroatoms. The molecule has 192 valence electrons. The average molecular weight is 495 g/mol. The van der Waals surface area contributed by atoms with Crippen molar-refractivity contribution in [1.29, 1.82) is 0 Å². The van der Waals surface area contributed by atoms with Crippen LogP contribution in [0.4, 0.5) is 0 Å². The zero-order chi connectivity index (χ0) is 24.5. The molecule has 2 aromatic heterocycles. The average Bonchev–Trinajstić information content (AvgIpc) is 3.67. The first-order valence-electron chi connectivity index (χ1n) is 13.3. The molecule has 3 aromatic rings. The van der Waals surface area contributed by atoms with Gasteiger partial charge in [-0.2, -0.15) is 0 Å². The second-order valence-electron chi connectivity index (χ2n) is 10.1. The minimum Gasteiger partial charge on any atom is -0.486 e. The van der Waals surface area contributed by atoms with Crippen molar-refractivity contribution in [2.45, 2.75) is 76.6 Å². The van der Waals surface area contributed by atoms with Crippen LogP contribution < -0.4 is 15.0 Å². The van der Waals surface area contributed by atoms with Crippen LogP contribution >= 0.6 is 0 Å². The maximum atomic E-state index is 13.2. The van der Waals surface area contributed by atoms with Gasteiger partial charge in [0.1, 0.15) is 13.2 Å². The molecule has 2 fully saturated rings. The Bertz CT molecular complexity index is 1260. The number of aromatic nitrogens is 5. The van der Waals surface area contributed by atoms with Gasteiger partial charge in [0.05, 0.1) is 23.7 Å². The van der Waals surface area contributed by atoms with Crippen molar-refractivity contribution >= 4 is 10.9 Å². The summed E-state index contributed by atoms with van der Waals surface area (Å²) in [6, 6.07) is 6.11. The van der Waals surface area contributed by atoms with E-state index in [0.29, 0.717) is 42.9 Å². The molecule has 4 heterocycles. The molecule has 6 rings (SSSR count). The second kappa shape index (κ2) is 10.2. The lowest BCUT2D eigenvalue weighted by Gasteiger charge is -2.32. The molecule has 1 aromatic carbocycles. The van der Waals surface area contributed by atoms with Gasteiger partial charge in [0, 0.05) is 36.7 Å². The third kappa shape index (κ3) is 4.59. The number of fused-ring (bicyclic) bond motifs is 2. The van der Waals surface area contributed by atoms with Crippen LogP contribution in [-0.4, -0.2) is 62.6 Å². The summed E-state index contributed by atoms with van der Waals surface area (Å²) in [6.07, 6.45) is 7.73. The molecule has 2 atom stereocenters. The largest absolute Gasteiger partial charge is 0.486 e. The van der Waals surface area contributed by atoms with E-state index < -0.39 is 0 Å². The Balaban J connectivity index is 1.34. The van der Waals surface area contributed by atoms with Crippen molar-refractivity contribution < 1.29 is 14.2 Å². The fourth-order valence-electron chi connectivity index (χ4n) is 5.91. The molecule has 1 aliphatic carbocycles. The van der Waals surface area contributed by atoms with E-state index in [4.69, 9.17) is 14.2 Å². The van der Waals surface area contributed by atoms with Crippen LogP contribution in [0.5, 0.6) is 11.5 Å². The molecule has 0 spiro atoms. The van der Waals surface area contributed by atoms with Crippen LogP contribution in [0.15, 0.2) is 23.0 Å². The van der Waals surface area contributed by atoms with Gasteiger partial charge in [0.2, 0.25) is 0 Å². The molecule has 10 nitrogen and oxygen atoms in total. The first-order valence-corrected chi connectivity index (χ1v) is 13.3. The Morgan fingerprint density at radius 3 is 2.64 bits per heavy atom. The fourth-order valence-corrected chi connectivity index (χ4v) is 5.91. The monoisotopic (exact) mass is 494 g/mol. The number of nitrogens with zero attached hydrogens (tertiary/aromatic N) is 5. The number of hydrogen-bond donors (Lipinski definition) is 1. The van der Waals surface area contributed by atoms with Crippen LogP contribution in [0.25, 0.3) is 10.9 Å². The van der Waals surface area contributed by atoms with Crippen LogP contribution in [0.3, 0.4) is 0 Å². The van der Waals surface area contributed by atoms with Crippen LogP contribution in [-0.2, 0) is 11.3 Å². The topological polar surface area (TPSA) is 107 Å². The van der Waals surface area contributed by atoms with Gasteiger partial charge in [-0.05, 0) is 54.7 Å². The number of H-pyrrole nitrogens is 1. The van der Waals surface area contributed by atoms with E-state index >= 15 is 0 Å². The van der Waals surface area contributed by atoms with Gasteiger partial charge in [0.25, 0.3) is 5.56 Å². The van der Waals surface area contributed by atoms with E-state index in [2.05, 4.69) is 32.3 Å². The summed E-state index contributed by atoms with van der Waals surface area (Å²) in [4.78, 5) is 18.6. The van der Waals surface area contributed by atoms with E-state index in [-0.39, 0.29) is 17.7 Å². The van der Waals surface area contributed by atoms with Gasteiger partial charge in [-0.15, -0.1) is 5.10 Å². The Labute approximate surface area is 209 Å². The lowest BCUT2D eigenvalue weighted by molar-refractivity contribution is 0.0484. The third-order valence-electron chi connectivity index (χ3n) is 7.73. The summed E-state index contributed by atoms with van der Waals surface area (Å²) in [7, 11) is 0. The molecule has 1 N–H and O–H groups in total. The van der Waals surface area contributed by atoms with Crippen molar-refractivity contribution in [1.82, 2.24) is 30.1 Å². The standard InChI is InChI=1S/C26H34N6O4/c1-2-22(25-28-29-30-32(25)19-6-3-4-7-19)31(16-20-8-5-9-34-20)15-18-12-17-13-23-24(36-11-10-35-23)14-21(17)27-26(18)33/h12-14,19-20,22H,2-11,15-16H2,1H3,(H,27,33)/t20-,22+/m1/s1. The number of hydrogen-bond acceptors (Lipinski definition) is 8. The highest BCUT2D eigenvalue weighted by atomic mass is 16.6. The van der Waals surface area contributed by atoms with E-state index in [1.165, 1.54) is 12.8 Å².